The Morgan fingerprint density at radius 3 is 2.67 bits per heavy atom. The van der Waals surface area contributed by atoms with Crippen molar-refractivity contribution >= 4 is 5.91 Å². The maximum absolute atomic E-state index is 11.1. The molecule has 12 heavy (non-hydrogen) atoms. The van der Waals surface area contributed by atoms with E-state index in [-0.39, 0.29) is 22.4 Å². The predicted octanol–water partition coefficient (Wildman–Crippen LogP) is -2.17. The molecular weight excluding hydrogens is 203 g/mol. The predicted molar refractivity (Wildman–Crippen MR) is 41.3 cm³/mol. The van der Waals surface area contributed by atoms with Crippen molar-refractivity contribution in [2.75, 3.05) is 6.54 Å². The van der Waals surface area contributed by atoms with Crippen LogP contribution in [0.2, 0.25) is 0 Å². The Labute approximate surface area is 81.3 Å². The molecule has 0 aromatic heterocycles. The van der Waals surface area contributed by atoms with Gasteiger partial charge in [-0.25, -0.2) is 0 Å². The molecule has 0 bridgehead atoms. The van der Waals surface area contributed by atoms with Crippen molar-refractivity contribution in [2.45, 2.75) is 24.5 Å². The Kier molecular flexibility index (Phi) is 4.13. The quantitative estimate of drug-likeness (QED) is 0.273. The van der Waals surface area contributed by atoms with Crippen molar-refractivity contribution in [3.8, 4) is 0 Å². The first-order valence-corrected chi connectivity index (χ1v) is 3.67. The first-order chi connectivity index (χ1) is 5.05. The van der Waals surface area contributed by atoms with Crippen LogP contribution in [0.1, 0.15) is 12.8 Å². The van der Waals surface area contributed by atoms with Gasteiger partial charge in [0.25, 0.3) is 5.91 Å². The topological polar surface area (TPSA) is 107 Å². The van der Waals surface area contributed by atoms with Gasteiger partial charge in [0.15, 0.2) is 5.66 Å². The Morgan fingerprint density at radius 2 is 2.08 bits per heavy atom. The number of carbonyl (C=O) groups excluding carboxylic acids is 1. The molecule has 1 rings (SSSR count). The summed E-state index contributed by atoms with van der Waals surface area (Å²) >= 11 is 0. The molecule has 1 atom stereocenters. The fraction of sp³-hybridized carbons (Fsp3) is 0.833. The van der Waals surface area contributed by atoms with Gasteiger partial charge in [-0.15, -0.1) is 0 Å². The van der Waals surface area contributed by atoms with Crippen LogP contribution in [0.3, 0.4) is 0 Å². The second-order valence-corrected chi connectivity index (χ2v) is 2.94. The first kappa shape index (κ1) is 11.8. The van der Waals surface area contributed by atoms with Crippen LogP contribution >= 0.6 is 0 Å². The molecule has 1 unspecified atom stereocenters. The molecule has 0 saturated carbocycles. The second-order valence-electron chi connectivity index (χ2n) is 2.94. The van der Waals surface area contributed by atoms with Crippen molar-refractivity contribution in [3.05, 3.63) is 0 Å². The third kappa shape index (κ3) is 2.17. The minimum Gasteiger partial charge on any atom is -0.353 e. The minimum absolute atomic E-state index is 0. The summed E-state index contributed by atoms with van der Waals surface area (Å²) in [6, 6.07) is -0.440. The number of hydrogen-bond donors (Lipinski definition) is 4. The van der Waals surface area contributed by atoms with Crippen LogP contribution in [0, 0.1) is 0 Å². The van der Waals surface area contributed by atoms with Crippen molar-refractivity contribution < 1.29 is 21.3 Å². The van der Waals surface area contributed by atoms with Gasteiger partial charge in [-0.05, 0) is 12.8 Å². The fourth-order valence-corrected chi connectivity index (χ4v) is 1.08. The average molecular weight is 217 g/mol. The Hall–Kier alpha value is -0.156. The van der Waals surface area contributed by atoms with Gasteiger partial charge >= 0.3 is 0 Å². The SMILES string of the molecule is NC1CCCNC(=O)C1(N)N.[Ni]. The van der Waals surface area contributed by atoms with Crippen LogP contribution in [0.25, 0.3) is 0 Å². The number of nitrogens with one attached hydrogen (secondary N) is 1. The molecule has 1 amide bonds. The molecule has 6 heteroatoms. The van der Waals surface area contributed by atoms with Gasteiger partial charge in [0.2, 0.25) is 0 Å². The number of hydrogen-bond acceptors (Lipinski definition) is 4. The van der Waals surface area contributed by atoms with Crippen molar-refractivity contribution in [1.29, 1.82) is 0 Å². The van der Waals surface area contributed by atoms with Crippen molar-refractivity contribution in [2.24, 2.45) is 17.2 Å². The summed E-state index contributed by atoms with van der Waals surface area (Å²) in [4.78, 5) is 11.1. The van der Waals surface area contributed by atoms with Crippen molar-refractivity contribution in [3.63, 3.8) is 0 Å². The Bertz CT molecular complexity index is 173. The molecule has 0 aliphatic carbocycles. The van der Waals surface area contributed by atoms with Crippen LogP contribution < -0.4 is 22.5 Å². The van der Waals surface area contributed by atoms with E-state index in [4.69, 9.17) is 17.2 Å². The number of amides is 1. The van der Waals surface area contributed by atoms with Gasteiger partial charge in [0.05, 0.1) is 0 Å². The van der Waals surface area contributed by atoms with Gasteiger partial charge in [-0.1, -0.05) is 0 Å². The smallest absolute Gasteiger partial charge is 0.256 e. The number of nitrogens with two attached hydrogens (primary N) is 3. The van der Waals surface area contributed by atoms with Gasteiger partial charge in [-0.2, -0.15) is 0 Å². The van der Waals surface area contributed by atoms with E-state index in [0.29, 0.717) is 13.0 Å². The third-order valence-electron chi connectivity index (χ3n) is 1.98. The molecule has 1 fully saturated rings. The normalized spacial score (nSPS) is 28.2. The molecule has 74 valence electrons. The zero-order valence-electron chi connectivity index (χ0n) is 6.66. The van der Waals surface area contributed by atoms with Gasteiger partial charge in [0, 0.05) is 29.1 Å². The van der Waals surface area contributed by atoms with E-state index in [1.807, 2.05) is 0 Å². The molecule has 0 spiro atoms. The summed E-state index contributed by atoms with van der Waals surface area (Å²) in [7, 11) is 0. The molecule has 7 N–H and O–H groups in total. The maximum Gasteiger partial charge on any atom is 0.256 e. The van der Waals surface area contributed by atoms with Crippen molar-refractivity contribution in [1.82, 2.24) is 5.32 Å². The molecule has 0 radical (unpaired) electrons. The molecule has 1 aliphatic rings. The van der Waals surface area contributed by atoms with E-state index in [1.165, 1.54) is 0 Å². The van der Waals surface area contributed by atoms with Gasteiger partial charge < -0.3 is 22.5 Å². The van der Waals surface area contributed by atoms with E-state index in [9.17, 15) is 4.79 Å². The standard InChI is InChI=1S/C6H14N4O.Ni/c7-4-2-1-3-10-5(11)6(4,8)9;/h4H,1-3,7-9H2,(H,10,11);. The summed E-state index contributed by atoms with van der Waals surface area (Å²) in [5.41, 5.74) is 15.2. The Balaban J connectivity index is 0.00000121. The first-order valence-electron chi connectivity index (χ1n) is 3.67. The van der Waals surface area contributed by atoms with E-state index in [1.54, 1.807) is 0 Å². The average Bonchev–Trinajstić information content (AvgIpc) is 2.03. The molecule has 1 aliphatic heterocycles. The second kappa shape index (κ2) is 4.19. The molecule has 1 saturated heterocycles. The fourth-order valence-electron chi connectivity index (χ4n) is 1.08. The van der Waals surface area contributed by atoms with E-state index >= 15 is 0 Å². The van der Waals surface area contributed by atoms with E-state index < -0.39 is 11.7 Å². The van der Waals surface area contributed by atoms with Gasteiger partial charge in [0.1, 0.15) is 0 Å². The Morgan fingerprint density at radius 1 is 1.50 bits per heavy atom. The molecular formula is C6H14N4NiO. The summed E-state index contributed by atoms with van der Waals surface area (Å²) < 4.78 is 0. The molecule has 0 aromatic rings. The summed E-state index contributed by atoms with van der Waals surface area (Å²) in [5, 5.41) is 2.60. The molecule has 1 heterocycles. The third-order valence-corrected chi connectivity index (χ3v) is 1.98. The zero-order chi connectivity index (χ0) is 8.48. The number of carbonyl (C=O) groups is 1. The molecule has 0 aromatic carbocycles. The van der Waals surface area contributed by atoms with Crippen LogP contribution in [-0.4, -0.2) is 24.2 Å². The van der Waals surface area contributed by atoms with E-state index in [2.05, 4.69) is 5.32 Å². The minimum atomic E-state index is -1.39. The van der Waals surface area contributed by atoms with Crippen LogP contribution in [0.4, 0.5) is 0 Å². The molecule has 5 nitrogen and oxygen atoms in total. The summed E-state index contributed by atoms with van der Waals surface area (Å²) in [6.45, 7) is 0.614. The largest absolute Gasteiger partial charge is 0.353 e. The summed E-state index contributed by atoms with van der Waals surface area (Å²) in [6.07, 6.45) is 1.52. The van der Waals surface area contributed by atoms with Crippen LogP contribution in [-0.2, 0) is 21.3 Å². The number of rotatable bonds is 0. The zero-order valence-corrected chi connectivity index (χ0v) is 7.64. The monoisotopic (exact) mass is 216 g/mol. The van der Waals surface area contributed by atoms with E-state index in [0.717, 1.165) is 6.42 Å². The maximum atomic E-state index is 11.1. The van der Waals surface area contributed by atoms with Crippen LogP contribution in [0.5, 0.6) is 0 Å². The van der Waals surface area contributed by atoms with Gasteiger partial charge in [-0.3, -0.25) is 4.79 Å². The summed E-state index contributed by atoms with van der Waals surface area (Å²) in [5.74, 6) is -0.359. The van der Waals surface area contributed by atoms with Crippen LogP contribution in [0.15, 0.2) is 0 Å².